The number of hydrogen-bond donors (Lipinski definition) is 0. The molecular weight excluding hydrogens is 262 g/mol. The molecule has 20 heavy (non-hydrogen) atoms. The number of benzene rings is 2. The molecule has 0 aliphatic carbocycles. The first-order valence-electron chi connectivity index (χ1n) is 7.41. The highest BCUT2D eigenvalue weighted by molar-refractivity contribution is 7.97. The fourth-order valence-electron chi connectivity index (χ4n) is 1.98. The molecule has 2 aromatic carbocycles. The summed E-state index contributed by atoms with van der Waals surface area (Å²) in [6, 6.07) is 17.6. The van der Waals surface area contributed by atoms with Crippen LogP contribution in [0.3, 0.4) is 0 Å². The molecule has 1 heterocycles. The summed E-state index contributed by atoms with van der Waals surface area (Å²) in [5.74, 6) is 0. The molecule has 0 saturated carbocycles. The molecule has 1 aliphatic heterocycles. The molecule has 1 aliphatic rings. The summed E-state index contributed by atoms with van der Waals surface area (Å²) in [6.07, 6.45) is 1.34. The van der Waals surface area contributed by atoms with E-state index in [0.717, 1.165) is 0 Å². The lowest BCUT2D eigenvalue weighted by molar-refractivity contribution is 0.344. The Labute approximate surface area is 127 Å². The van der Waals surface area contributed by atoms with Gasteiger partial charge in [-0.15, -0.1) is 0 Å². The highest BCUT2D eigenvalue weighted by Gasteiger charge is 2.14. The van der Waals surface area contributed by atoms with Gasteiger partial charge < -0.3 is 0 Å². The Morgan fingerprint density at radius 1 is 0.800 bits per heavy atom. The van der Waals surface area contributed by atoms with Crippen LogP contribution in [0.25, 0.3) is 11.1 Å². The Balaban J connectivity index is 0.000000704. The number of aryl methyl sites for hydroxylation is 1. The maximum atomic E-state index is 2.40. The summed E-state index contributed by atoms with van der Waals surface area (Å²) >= 11 is 1.87. The third kappa shape index (κ3) is 3.87. The molecule has 2 aromatic rings. The van der Waals surface area contributed by atoms with Gasteiger partial charge in [0.25, 0.3) is 0 Å². The Hall–Kier alpha value is -1.25. The first-order chi connectivity index (χ1) is 9.81. The SMILES string of the molecule is CC.Cc1ccc(-c2ccc(SN3CCC3)cc2)cc1. The molecule has 0 N–H and O–H groups in total. The maximum Gasteiger partial charge on any atom is 0.0230 e. The second-order valence-electron chi connectivity index (χ2n) is 4.76. The molecule has 1 fully saturated rings. The predicted molar refractivity (Wildman–Crippen MR) is 90.0 cm³/mol. The lowest BCUT2D eigenvalue weighted by atomic mass is 10.0. The van der Waals surface area contributed by atoms with Gasteiger partial charge >= 0.3 is 0 Å². The first kappa shape index (κ1) is 15.1. The van der Waals surface area contributed by atoms with E-state index in [1.165, 1.54) is 41.1 Å². The van der Waals surface area contributed by atoms with Crippen LogP contribution in [-0.2, 0) is 0 Å². The smallest absolute Gasteiger partial charge is 0.0230 e. The summed E-state index contributed by atoms with van der Waals surface area (Å²) in [5.41, 5.74) is 3.90. The standard InChI is InChI=1S/C16H17NS.C2H6/c1-13-3-5-14(6-4-13)15-7-9-16(10-8-15)18-17-11-2-12-17;1-2/h3-10H,2,11-12H2,1H3;1-2H3. The fraction of sp³-hybridized carbons (Fsp3) is 0.333. The van der Waals surface area contributed by atoms with E-state index in [4.69, 9.17) is 0 Å². The van der Waals surface area contributed by atoms with Crippen molar-refractivity contribution in [2.75, 3.05) is 13.1 Å². The van der Waals surface area contributed by atoms with Gasteiger partial charge in [0, 0.05) is 18.0 Å². The van der Waals surface area contributed by atoms with Crippen LogP contribution in [0.4, 0.5) is 0 Å². The van der Waals surface area contributed by atoms with Crippen LogP contribution < -0.4 is 0 Å². The summed E-state index contributed by atoms with van der Waals surface area (Å²) < 4.78 is 2.40. The van der Waals surface area contributed by atoms with Gasteiger partial charge in [-0.1, -0.05) is 55.8 Å². The van der Waals surface area contributed by atoms with Crippen LogP contribution in [-0.4, -0.2) is 17.4 Å². The van der Waals surface area contributed by atoms with Crippen molar-refractivity contribution in [3.8, 4) is 11.1 Å². The quantitative estimate of drug-likeness (QED) is 0.694. The monoisotopic (exact) mass is 285 g/mol. The van der Waals surface area contributed by atoms with Crippen LogP contribution in [0.2, 0.25) is 0 Å². The molecule has 0 spiro atoms. The lowest BCUT2D eigenvalue weighted by Gasteiger charge is -2.29. The van der Waals surface area contributed by atoms with Gasteiger partial charge in [0.15, 0.2) is 0 Å². The van der Waals surface area contributed by atoms with Gasteiger partial charge in [0.1, 0.15) is 0 Å². The van der Waals surface area contributed by atoms with Gasteiger partial charge in [0.2, 0.25) is 0 Å². The normalized spacial score (nSPS) is 14.2. The minimum atomic E-state index is 1.23. The zero-order chi connectivity index (χ0) is 14.4. The summed E-state index contributed by atoms with van der Waals surface area (Å²) in [6.45, 7) is 8.57. The molecule has 106 valence electrons. The van der Waals surface area contributed by atoms with Crippen molar-refractivity contribution >= 4 is 11.9 Å². The van der Waals surface area contributed by atoms with Crippen LogP contribution in [0.5, 0.6) is 0 Å². The summed E-state index contributed by atoms with van der Waals surface area (Å²) in [7, 11) is 0. The average Bonchev–Trinajstić information content (AvgIpc) is 2.47. The van der Waals surface area contributed by atoms with E-state index in [0.29, 0.717) is 0 Å². The second kappa shape index (κ2) is 7.51. The minimum Gasteiger partial charge on any atom is -0.246 e. The van der Waals surface area contributed by atoms with Crippen molar-refractivity contribution in [3.05, 3.63) is 54.1 Å². The maximum absolute atomic E-state index is 2.40. The molecular formula is C18H23NS. The molecule has 1 saturated heterocycles. The van der Waals surface area contributed by atoms with Gasteiger partial charge in [-0.3, -0.25) is 0 Å². The van der Waals surface area contributed by atoms with E-state index in [2.05, 4.69) is 59.8 Å². The van der Waals surface area contributed by atoms with E-state index >= 15 is 0 Å². The second-order valence-corrected chi connectivity index (χ2v) is 5.93. The molecule has 0 radical (unpaired) electrons. The summed E-state index contributed by atoms with van der Waals surface area (Å²) in [4.78, 5) is 1.34. The third-order valence-electron chi connectivity index (χ3n) is 3.29. The van der Waals surface area contributed by atoms with Crippen LogP contribution in [0.15, 0.2) is 53.4 Å². The van der Waals surface area contributed by atoms with Crippen molar-refractivity contribution in [3.63, 3.8) is 0 Å². The van der Waals surface area contributed by atoms with Crippen molar-refractivity contribution in [1.82, 2.24) is 4.31 Å². The van der Waals surface area contributed by atoms with E-state index in [1.54, 1.807) is 0 Å². The molecule has 2 heteroatoms. The lowest BCUT2D eigenvalue weighted by Crippen LogP contribution is -2.30. The number of nitrogens with zero attached hydrogens (tertiary/aromatic N) is 1. The highest BCUT2D eigenvalue weighted by Crippen LogP contribution is 2.29. The van der Waals surface area contributed by atoms with Gasteiger partial charge in [-0.25, -0.2) is 4.31 Å². The van der Waals surface area contributed by atoms with Crippen LogP contribution in [0, 0.1) is 6.92 Å². The van der Waals surface area contributed by atoms with Crippen molar-refractivity contribution in [2.24, 2.45) is 0 Å². The average molecular weight is 285 g/mol. The largest absolute Gasteiger partial charge is 0.246 e. The van der Waals surface area contributed by atoms with E-state index in [9.17, 15) is 0 Å². The van der Waals surface area contributed by atoms with Gasteiger partial charge in [0.05, 0.1) is 0 Å². The molecule has 3 rings (SSSR count). The minimum absolute atomic E-state index is 1.23. The molecule has 0 bridgehead atoms. The zero-order valence-corrected chi connectivity index (χ0v) is 13.4. The highest BCUT2D eigenvalue weighted by atomic mass is 32.2. The van der Waals surface area contributed by atoms with E-state index < -0.39 is 0 Å². The Kier molecular flexibility index (Phi) is 5.69. The molecule has 0 unspecified atom stereocenters. The Morgan fingerprint density at radius 3 is 1.75 bits per heavy atom. The zero-order valence-electron chi connectivity index (χ0n) is 12.6. The number of rotatable bonds is 3. The van der Waals surface area contributed by atoms with Gasteiger partial charge in [-0.05, 0) is 48.6 Å². The van der Waals surface area contributed by atoms with Crippen molar-refractivity contribution < 1.29 is 0 Å². The summed E-state index contributed by atoms with van der Waals surface area (Å²) in [5, 5.41) is 0. The number of hydrogen-bond acceptors (Lipinski definition) is 2. The Morgan fingerprint density at radius 2 is 1.30 bits per heavy atom. The first-order valence-corrected chi connectivity index (χ1v) is 8.19. The van der Waals surface area contributed by atoms with Crippen molar-refractivity contribution in [1.29, 1.82) is 0 Å². The topological polar surface area (TPSA) is 3.24 Å². The van der Waals surface area contributed by atoms with Crippen LogP contribution >= 0.6 is 11.9 Å². The molecule has 0 amide bonds. The van der Waals surface area contributed by atoms with E-state index in [1.807, 2.05) is 25.8 Å². The third-order valence-corrected chi connectivity index (χ3v) is 4.40. The van der Waals surface area contributed by atoms with Crippen LogP contribution in [0.1, 0.15) is 25.8 Å². The molecule has 0 aromatic heterocycles. The molecule has 1 nitrogen and oxygen atoms in total. The Bertz CT molecular complexity index is 512. The predicted octanol–water partition coefficient (Wildman–Crippen LogP) is 5.40. The molecule has 0 atom stereocenters. The van der Waals surface area contributed by atoms with Gasteiger partial charge in [-0.2, -0.15) is 0 Å². The van der Waals surface area contributed by atoms with E-state index in [-0.39, 0.29) is 0 Å². The fourth-order valence-corrected chi connectivity index (χ4v) is 2.98. The van der Waals surface area contributed by atoms with Crippen molar-refractivity contribution in [2.45, 2.75) is 32.1 Å².